The van der Waals surface area contributed by atoms with Gasteiger partial charge in [0, 0.05) is 44.4 Å². The molecule has 0 saturated carbocycles. The van der Waals surface area contributed by atoms with Crippen molar-refractivity contribution in [2.45, 2.75) is 34.6 Å². The van der Waals surface area contributed by atoms with E-state index in [9.17, 15) is 4.79 Å². The Morgan fingerprint density at radius 3 is 2.00 bits per heavy atom. The molecule has 6 nitrogen and oxygen atoms in total. The summed E-state index contributed by atoms with van der Waals surface area (Å²) in [7, 11) is 0. The Morgan fingerprint density at radius 2 is 1.42 bits per heavy atom. The van der Waals surface area contributed by atoms with Crippen LogP contribution in [0.25, 0.3) is 22.4 Å². The van der Waals surface area contributed by atoms with E-state index < -0.39 is 0 Å². The number of hydrogen-bond acceptors (Lipinski definition) is 5. The molecule has 0 fully saturated rings. The predicted molar refractivity (Wildman–Crippen MR) is 139 cm³/mol. The van der Waals surface area contributed by atoms with Crippen LogP contribution in [0.1, 0.15) is 39.4 Å². The second kappa shape index (κ2) is 12.0. The lowest BCUT2D eigenvalue weighted by Gasteiger charge is -2.30. The van der Waals surface area contributed by atoms with E-state index >= 15 is 0 Å². The van der Waals surface area contributed by atoms with E-state index in [0.717, 1.165) is 69.0 Å². The molecule has 33 heavy (non-hydrogen) atoms. The summed E-state index contributed by atoms with van der Waals surface area (Å²) < 4.78 is 1.73. The van der Waals surface area contributed by atoms with E-state index in [2.05, 4.69) is 66.7 Å². The molecule has 6 heteroatoms. The third-order valence-electron chi connectivity index (χ3n) is 6.51. The number of fused-ring (bicyclic) bond motifs is 1. The van der Waals surface area contributed by atoms with Gasteiger partial charge in [-0.3, -0.25) is 9.36 Å². The van der Waals surface area contributed by atoms with Crippen LogP contribution in [-0.4, -0.2) is 77.6 Å². The number of anilines is 1. The van der Waals surface area contributed by atoms with Gasteiger partial charge in [0.2, 0.25) is 5.91 Å². The van der Waals surface area contributed by atoms with Gasteiger partial charge >= 0.3 is 0 Å². The molecule has 0 aliphatic carbocycles. The minimum absolute atomic E-state index is 0.0241. The minimum atomic E-state index is -0.0241. The van der Waals surface area contributed by atoms with Crippen LogP contribution in [0.2, 0.25) is 0 Å². The lowest BCUT2D eigenvalue weighted by atomic mass is 10.1. The maximum absolute atomic E-state index is 12.5. The van der Waals surface area contributed by atoms with E-state index in [0.29, 0.717) is 5.82 Å². The molecule has 0 N–H and O–H groups in total. The highest BCUT2D eigenvalue weighted by atomic mass is 16.1. The van der Waals surface area contributed by atoms with Crippen LogP contribution >= 0.6 is 0 Å². The van der Waals surface area contributed by atoms with Crippen molar-refractivity contribution < 1.29 is 4.79 Å². The van der Waals surface area contributed by atoms with Crippen LogP contribution in [0.5, 0.6) is 0 Å². The molecule has 0 spiro atoms. The number of likely N-dealkylation sites (N-methyl/N-ethyl adjacent to an activating group) is 2. The lowest BCUT2D eigenvalue weighted by molar-refractivity contribution is 0.0943. The Bertz CT molecular complexity index is 1020. The number of rotatable bonds is 12. The average Bonchev–Trinajstić information content (AvgIpc) is 3.24. The van der Waals surface area contributed by atoms with Crippen LogP contribution in [-0.2, 0) is 0 Å². The van der Waals surface area contributed by atoms with E-state index in [1.165, 1.54) is 5.69 Å². The summed E-state index contributed by atoms with van der Waals surface area (Å²) in [5.41, 5.74) is 3.84. The smallest absolute Gasteiger partial charge is 0.229 e. The predicted octanol–water partition coefficient (Wildman–Crippen LogP) is 4.85. The molecular weight excluding hydrogens is 410 g/mol. The Morgan fingerprint density at radius 1 is 0.818 bits per heavy atom. The summed E-state index contributed by atoms with van der Waals surface area (Å²) in [5.74, 6) is 0.682. The molecular formula is C27H39N5O. The number of para-hydroxylation sites is 2. The van der Waals surface area contributed by atoms with Crippen molar-refractivity contribution in [1.29, 1.82) is 0 Å². The third-order valence-corrected chi connectivity index (χ3v) is 6.51. The van der Waals surface area contributed by atoms with Crippen LogP contribution in [0.15, 0.2) is 48.5 Å². The highest BCUT2D eigenvalue weighted by Crippen LogP contribution is 2.28. The molecule has 0 radical (unpaired) electrons. The normalized spacial score (nSPS) is 11.6. The second-order valence-electron chi connectivity index (χ2n) is 8.37. The number of carbonyl (C=O) groups is 1. The van der Waals surface area contributed by atoms with E-state index in [1.54, 1.807) is 11.5 Å². The molecule has 1 heterocycles. The quantitative estimate of drug-likeness (QED) is 0.395. The topological polar surface area (TPSA) is 44.6 Å². The SMILES string of the molecule is CCN(CC)CCN(CCN(CC)CC)c1cccc(-c2nc3ccccc3n2C(C)=O)c1. The summed E-state index contributed by atoms with van der Waals surface area (Å²) in [4.78, 5) is 24.7. The fourth-order valence-electron chi connectivity index (χ4n) is 4.35. The van der Waals surface area contributed by atoms with Crippen molar-refractivity contribution >= 4 is 22.6 Å². The van der Waals surface area contributed by atoms with Gasteiger partial charge < -0.3 is 14.7 Å². The van der Waals surface area contributed by atoms with E-state index in [-0.39, 0.29) is 5.91 Å². The fraction of sp³-hybridized carbons (Fsp3) is 0.481. The van der Waals surface area contributed by atoms with Gasteiger partial charge in [0.25, 0.3) is 0 Å². The van der Waals surface area contributed by atoms with Crippen LogP contribution in [0.3, 0.4) is 0 Å². The maximum Gasteiger partial charge on any atom is 0.229 e. The first-order valence-corrected chi connectivity index (χ1v) is 12.3. The average molecular weight is 450 g/mol. The number of imidazole rings is 1. The van der Waals surface area contributed by atoms with Gasteiger partial charge in [-0.2, -0.15) is 0 Å². The zero-order valence-corrected chi connectivity index (χ0v) is 20.9. The second-order valence-corrected chi connectivity index (χ2v) is 8.37. The highest BCUT2D eigenvalue weighted by molar-refractivity contribution is 5.94. The summed E-state index contributed by atoms with van der Waals surface area (Å²) in [6, 6.07) is 16.3. The van der Waals surface area contributed by atoms with Gasteiger partial charge in [-0.15, -0.1) is 0 Å². The van der Waals surface area contributed by atoms with Crippen LogP contribution in [0, 0.1) is 0 Å². The number of carbonyl (C=O) groups excluding carboxylic acids is 1. The molecule has 0 aliphatic heterocycles. The van der Waals surface area contributed by atoms with Gasteiger partial charge in [0.05, 0.1) is 11.0 Å². The molecule has 0 aliphatic rings. The van der Waals surface area contributed by atoms with Crippen molar-refractivity contribution in [3.63, 3.8) is 0 Å². The Balaban J connectivity index is 1.95. The highest BCUT2D eigenvalue weighted by Gasteiger charge is 2.17. The standard InChI is InChI=1S/C27H39N5O/c1-6-29(7-2)17-19-31(20-18-30(8-3)9-4)24-14-12-13-23(21-24)27-28-25-15-10-11-16-26(25)32(27)22(5)33/h10-16,21H,6-9,17-20H2,1-5H3. The zero-order valence-electron chi connectivity index (χ0n) is 20.9. The first-order chi connectivity index (χ1) is 16.0. The molecule has 0 bridgehead atoms. The summed E-state index contributed by atoms with van der Waals surface area (Å²) in [5, 5.41) is 0. The van der Waals surface area contributed by atoms with Gasteiger partial charge in [-0.25, -0.2) is 4.98 Å². The molecule has 178 valence electrons. The summed E-state index contributed by atoms with van der Waals surface area (Å²) in [6.07, 6.45) is 0. The van der Waals surface area contributed by atoms with Gasteiger partial charge in [0.15, 0.2) is 0 Å². The number of nitrogens with zero attached hydrogens (tertiary/aromatic N) is 5. The molecule has 0 atom stereocenters. The maximum atomic E-state index is 12.5. The van der Waals surface area contributed by atoms with E-state index in [4.69, 9.17) is 4.98 Å². The van der Waals surface area contributed by atoms with E-state index in [1.807, 2.05) is 24.3 Å². The Hall–Kier alpha value is -2.70. The molecule has 0 unspecified atom stereocenters. The number of benzene rings is 2. The summed E-state index contributed by atoms with van der Waals surface area (Å²) >= 11 is 0. The Labute approximate surface area is 198 Å². The molecule has 0 saturated heterocycles. The zero-order chi connectivity index (χ0) is 23.8. The van der Waals surface area contributed by atoms with Crippen LogP contribution in [0.4, 0.5) is 5.69 Å². The van der Waals surface area contributed by atoms with Crippen molar-refractivity contribution in [3.05, 3.63) is 48.5 Å². The van der Waals surface area contributed by atoms with Crippen molar-refractivity contribution in [2.75, 3.05) is 57.3 Å². The van der Waals surface area contributed by atoms with Crippen molar-refractivity contribution in [3.8, 4) is 11.4 Å². The van der Waals surface area contributed by atoms with Crippen LogP contribution < -0.4 is 4.90 Å². The number of hydrogen-bond donors (Lipinski definition) is 0. The lowest BCUT2D eigenvalue weighted by Crippen LogP contribution is -2.40. The fourth-order valence-corrected chi connectivity index (χ4v) is 4.35. The first-order valence-electron chi connectivity index (χ1n) is 12.3. The molecule has 3 aromatic rings. The van der Waals surface area contributed by atoms with Gasteiger partial charge in [-0.1, -0.05) is 52.0 Å². The molecule has 0 amide bonds. The largest absolute Gasteiger partial charge is 0.369 e. The minimum Gasteiger partial charge on any atom is -0.369 e. The molecule has 3 rings (SSSR count). The van der Waals surface area contributed by atoms with Crippen molar-refractivity contribution in [1.82, 2.24) is 19.4 Å². The molecule has 2 aromatic carbocycles. The summed E-state index contributed by atoms with van der Waals surface area (Å²) in [6.45, 7) is 18.7. The molecule has 1 aromatic heterocycles. The Kier molecular flexibility index (Phi) is 9.03. The van der Waals surface area contributed by atoms with Crippen molar-refractivity contribution in [2.24, 2.45) is 0 Å². The third kappa shape index (κ3) is 6.01. The number of aromatic nitrogens is 2. The monoisotopic (exact) mass is 449 g/mol. The first kappa shape index (κ1) is 24.9. The van der Waals surface area contributed by atoms with Gasteiger partial charge in [-0.05, 0) is 50.4 Å². The van der Waals surface area contributed by atoms with Gasteiger partial charge in [0.1, 0.15) is 5.82 Å².